The number of carbonyl (C=O) groups is 2. The summed E-state index contributed by atoms with van der Waals surface area (Å²) in [5, 5.41) is 0. The molecule has 0 spiro atoms. The molecule has 1 saturated carbocycles. The van der Waals surface area contributed by atoms with Crippen molar-refractivity contribution >= 4 is 11.8 Å². The van der Waals surface area contributed by atoms with Gasteiger partial charge in [-0.2, -0.15) is 0 Å². The summed E-state index contributed by atoms with van der Waals surface area (Å²) in [5.41, 5.74) is 11.4. The Morgan fingerprint density at radius 3 is 2.33 bits per heavy atom. The van der Waals surface area contributed by atoms with Crippen molar-refractivity contribution < 1.29 is 9.59 Å². The molecule has 2 aliphatic rings. The minimum absolute atomic E-state index is 0.0469. The van der Waals surface area contributed by atoms with Gasteiger partial charge in [0.1, 0.15) is 6.04 Å². The van der Waals surface area contributed by atoms with Crippen LogP contribution in [0.2, 0.25) is 0 Å². The van der Waals surface area contributed by atoms with Gasteiger partial charge < -0.3 is 16.4 Å². The van der Waals surface area contributed by atoms with Crippen molar-refractivity contribution in [2.24, 2.45) is 17.4 Å². The number of nitrogens with two attached hydrogens (primary N) is 2. The lowest BCUT2D eigenvalue weighted by molar-refractivity contribution is -0.145. The van der Waals surface area contributed by atoms with Crippen LogP contribution in [0.15, 0.2) is 0 Å². The summed E-state index contributed by atoms with van der Waals surface area (Å²) in [5.74, 6) is -0.447. The van der Waals surface area contributed by atoms with Crippen LogP contribution < -0.4 is 11.5 Å². The lowest BCUT2D eigenvalue weighted by Crippen LogP contribution is -2.55. The fourth-order valence-corrected chi connectivity index (χ4v) is 3.17. The molecule has 5 heteroatoms. The molecule has 5 nitrogen and oxygen atoms in total. The summed E-state index contributed by atoms with van der Waals surface area (Å²) in [6.45, 7) is 0.648. The van der Waals surface area contributed by atoms with Crippen molar-refractivity contribution in [2.75, 3.05) is 6.54 Å². The molecule has 1 aliphatic carbocycles. The Bertz CT molecular complexity index is 332. The van der Waals surface area contributed by atoms with Gasteiger partial charge in [-0.15, -0.1) is 0 Å². The molecule has 2 amide bonds. The molecule has 0 aromatic heterocycles. The predicted molar refractivity (Wildman–Crippen MR) is 68.5 cm³/mol. The Morgan fingerprint density at radius 2 is 1.67 bits per heavy atom. The number of hydrogen-bond donors (Lipinski definition) is 2. The first-order valence-electron chi connectivity index (χ1n) is 6.96. The molecular formula is C13H23N3O2. The van der Waals surface area contributed by atoms with Gasteiger partial charge in [0.2, 0.25) is 11.8 Å². The summed E-state index contributed by atoms with van der Waals surface area (Å²) in [7, 11) is 0. The van der Waals surface area contributed by atoms with E-state index < -0.39 is 6.04 Å². The highest BCUT2D eigenvalue weighted by molar-refractivity contribution is 5.88. The molecule has 0 aromatic rings. The van der Waals surface area contributed by atoms with Crippen molar-refractivity contribution in [3.8, 4) is 0 Å². The fourth-order valence-electron chi connectivity index (χ4n) is 3.17. The SMILES string of the molecule is NC(=O)C1CCCCN1C(=O)C1CCCCC1N. The average molecular weight is 253 g/mol. The first-order chi connectivity index (χ1) is 8.61. The van der Waals surface area contributed by atoms with Crippen LogP contribution in [0.4, 0.5) is 0 Å². The molecule has 2 fully saturated rings. The van der Waals surface area contributed by atoms with Crippen LogP contribution in [0, 0.1) is 5.92 Å². The van der Waals surface area contributed by atoms with Gasteiger partial charge in [0.25, 0.3) is 0 Å². The molecule has 102 valence electrons. The normalized spacial score (nSPS) is 33.2. The average Bonchev–Trinajstić information content (AvgIpc) is 2.38. The van der Waals surface area contributed by atoms with Gasteiger partial charge in [-0.1, -0.05) is 12.8 Å². The zero-order valence-corrected chi connectivity index (χ0v) is 10.8. The van der Waals surface area contributed by atoms with E-state index in [0.29, 0.717) is 13.0 Å². The Balaban J connectivity index is 2.07. The third kappa shape index (κ3) is 2.66. The van der Waals surface area contributed by atoms with Crippen LogP contribution in [0.3, 0.4) is 0 Å². The summed E-state index contributed by atoms with van der Waals surface area (Å²) < 4.78 is 0. The molecule has 0 bridgehead atoms. The number of nitrogens with zero attached hydrogens (tertiary/aromatic N) is 1. The molecule has 0 radical (unpaired) electrons. The summed E-state index contributed by atoms with van der Waals surface area (Å²) in [4.78, 5) is 25.6. The van der Waals surface area contributed by atoms with Gasteiger partial charge in [0, 0.05) is 12.6 Å². The van der Waals surface area contributed by atoms with E-state index in [1.807, 2.05) is 0 Å². The third-order valence-corrected chi connectivity index (χ3v) is 4.25. The highest BCUT2D eigenvalue weighted by Gasteiger charge is 2.37. The number of primary amides is 1. The molecular weight excluding hydrogens is 230 g/mol. The topological polar surface area (TPSA) is 89.4 Å². The second-order valence-corrected chi connectivity index (χ2v) is 5.50. The van der Waals surface area contributed by atoms with E-state index >= 15 is 0 Å². The lowest BCUT2D eigenvalue weighted by atomic mass is 9.83. The predicted octanol–water partition coefficient (Wildman–Crippen LogP) is 0.370. The number of likely N-dealkylation sites (tertiary alicyclic amines) is 1. The Hall–Kier alpha value is -1.10. The van der Waals surface area contributed by atoms with Crippen molar-refractivity contribution in [2.45, 2.75) is 57.0 Å². The Labute approximate surface area is 108 Å². The zero-order valence-electron chi connectivity index (χ0n) is 10.8. The third-order valence-electron chi connectivity index (χ3n) is 4.25. The van der Waals surface area contributed by atoms with E-state index in [9.17, 15) is 9.59 Å². The Morgan fingerprint density at radius 1 is 1.00 bits per heavy atom. The van der Waals surface area contributed by atoms with Crippen molar-refractivity contribution in [1.29, 1.82) is 0 Å². The maximum Gasteiger partial charge on any atom is 0.240 e. The smallest absolute Gasteiger partial charge is 0.240 e. The van der Waals surface area contributed by atoms with E-state index in [-0.39, 0.29) is 23.8 Å². The van der Waals surface area contributed by atoms with E-state index in [0.717, 1.165) is 38.5 Å². The quantitative estimate of drug-likeness (QED) is 0.745. The second-order valence-electron chi connectivity index (χ2n) is 5.50. The minimum atomic E-state index is -0.416. The van der Waals surface area contributed by atoms with Crippen LogP contribution in [-0.2, 0) is 9.59 Å². The number of carbonyl (C=O) groups excluding carboxylic acids is 2. The van der Waals surface area contributed by atoms with Crippen LogP contribution in [-0.4, -0.2) is 35.3 Å². The number of amides is 2. The van der Waals surface area contributed by atoms with Crippen LogP contribution in [0.5, 0.6) is 0 Å². The molecule has 0 aromatic carbocycles. The first-order valence-corrected chi connectivity index (χ1v) is 6.96. The van der Waals surface area contributed by atoms with Crippen LogP contribution in [0.1, 0.15) is 44.9 Å². The highest BCUT2D eigenvalue weighted by atomic mass is 16.2. The standard InChI is InChI=1S/C13H23N3O2/c14-10-6-2-1-5-9(10)13(18)16-8-4-3-7-11(16)12(15)17/h9-11H,1-8,14H2,(H2,15,17). The van der Waals surface area contributed by atoms with Crippen molar-refractivity contribution in [3.63, 3.8) is 0 Å². The maximum atomic E-state index is 12.5. The van der Waals surface area contributed by atoms with Gasteiger partial charge in [-0.3, -0.25) is 9.59 Å². The highest BCUT2D eigenvalue weighted by Crippen LogP contribution is 2.27. The lowest BCUT2D eigenvalue weighted by Gasteiger charge is -2.38. The van der Waals surface area contributed by atoms with Gasteiger partial charge in [0.15, 0.2) is 0 Å². The van der Waals surface area contributed by atoms with Crippen LogP contribution >= 0.6 is 0 Å². The summed E-state index contributed by atoms with van der Waals surface area (Å²) >= 11 is 0. The van der Waals surface area contributed by atoms with Gasteiger partial charge in [-0.25, -0.2) is 0 Å². The first kappa shape index (κ1) is 13.3. The van der Waals surface area contributed by atoms with Crippen molar-refractivity contribution in [1.82, 2.24) is 4.90 Å². The van der Waals surface area contributed by atoms with E-state index in [1.54, 1.807) is 4.90 Å². The van der Waals surface area contributed by atoms with E-state index in [2.05, 4.69) is 0 Å². The molecule has 2 rings (SSSR count). The minimum Gasteiger partial charge on any atom is -0.368 e. The fraction of sp³-hybridized carbons (Fsp3) is 0.846. The molecule has 3 atom stereocenters. The van der Waals surface area contributed by atoms with Gasteiger partial charge >= 0.3 is 0 Å². The maximum absolute atomic E-state index is 12.5. The number of hydrogen-bond acceptors (Lipinski definition) is 3. The Kier molecular flexibility index (Phi) is 4.22. The molecule has 4 N–H and O–H groups in total. The summed E-state index contributed by atoms with van der Waals surface area (Å²) in [6, 6.07) is -0.470. The molecule has 3 unspecified atom stereocenters. The van der Waals surface area contributed by atoms with E-state index in [4.69, 9.17) is 11.5 Å². The molecule has 1 saturated heterocycles. The summed E-state index contributed by atoms with van der Waals surface area (Å²) in [6.07, 6.45) is 6.53. The monoisotopic (exact) mass is 253 g/mol. The van der Waals surface area contributed by atoms with Gasteiger partial charge in [-0.05, 0) is 32.1 Å². The zero-order chi connectivity index (χ0) is 13.1. The van der Waals surface area contributed by atoms with Crippen LogP contribution in [0.25, 0.3) is 0 Å². The molecule has 18 heavy (non-hydrogen) atoms. The van der Waals surface area contributed by atoms with Crippen molar-refractivity contribution in [3.05, 3.63) is 0 Å². The second kappa shape index (κ2) is 5.69. The van der Waals surface area contributed by atoms with E-state index in [1.165, 1.54) is 0 Å². The molecule has 1 aliphatic heterocycles. The van der Waals surface area contributed by atoms with Gasteiger partial charge in [0.05, 0.1) is 5.92 Å². The largest absolute Gasteiger partial charge is 0.368 e. The number of piperidine rings is 1. The molecule has 1 heterocycles. The number of rotatable bonds is 2.